The maximum atomic E-state index is 12.9. The van der Waals surface area contributed by atoms with Gasteiger partial charge in [-0.3, -0.25) is 9.69 Å². The molecule has 6 heteroatoms. The Morgan fingerprint density at radius 2 is 1.89 bits per heavy atom. The summed E-state index contributed by atoms with van der Waals surface area (Å²) in [5, 5.41) is 3.03. The molecule has 28 heavy (non-hydrogen) atoms. The molecule has 0 radical (unpaired) electrons. The number of nitrogens with one attached hydrogen (secondary N) is 2. The summed E-state index contributed by atoms with van der Waals surface area (Å²) in [4.78, 5) is 22.8. The Bertz CT molecular complexity index is 896. The SMILES string of the molecule is O=C(NCCc1ccc(F)cc1)C1CCN(Cc2nc3ccccc3[nH]2)CC1. The third kappa shape index (κ3) is 4.57. The van der Waals surface area contributed by atoms with Crippen LogP contribution >= 0.6 is 0 Å². The Hall–Kier alpha value is -2.73. The number of benzene rings is 2. The number of carbonyl (C=O) groups excluding carboxylic acids is 1. The van der Waals surface area contributed by atoms with Crippen LogP contribution in [0.2, 0.25) is 0 Å². The van der Waals surface area contributed by atoms with Gasteiger partial charge in [-0.1, -0.05) is 24.3 Å². The summed E-state index contributed by atoms with van der Waals surface area (Å²) in [5.41, 5.74) is 3.09. The van der Waals surface area contributed by atoms with E-state index >= 15 is 0 Å². The molecule has 146 valence electrons. The van der Waals surface area contributed by atoms with Crippen molar-refractivity contribution in [1.82, 2.24) is 20.2 Å². The van der Waals surface area contributed by atoms with Crippen LogP contribution in [0.25, 0.3) is 11.0 Å². The maximum absolute atomic E-state index is 12.9. The largest absolute Gasteiger partial charge is 0.356 e. The van der Waals surface area contributed by atoms with Gasteiger partial charge in [0.25, 0.3) is 0 Å². The van der Waals surface area contributed by atoms with Crippen LogP contribution < -0.4 is 5.32 Å². The van der Waals surface area contributed by atoms with Gasteiger partial charge >= 0.3 is 0 Å². The number of imidazole rings is 1. The van der Waals surface area contributed by atoms with Crippen LogP contribution in [0.4, 0.5) is 4.39 Å². The summed E-state index contributed by atoms with van der Waals surface area (Å²) in [5.74, 6) is 0.941. The highest BCUT2D eigenvalue weighted by Crippen LogP contribution is 2.19. The van der Waals surface area contributed by atoms with Crippen LogP contribution in [-0.4, -0.2) is 40.4 Å². The summed E-state index contributed by atoms with van der Waals surface area (Å²) >= 11 is 0. The lowest BCUT2D eigenvalue weighted by molar-refractivity contribution is -0.126. The summed E-state index contributed by atoms with van der Waals surface area (Å²) in [6, 6.07) is 14.5. The second-order valence-corrected chi connectivity index (χ2v) is 7.42. The Balaban J connectivity index is 1.21. The van der Waals surface area contributed by atoms with Crippen LogP contribution in [-0.2, 0) is 17.8 Å². The number of hydrogen-bond donors (Lipinski definition) is 2. The fraction of sp³-hybridized carbons (Fsp3) is 0.364. The van der Waals surface area contributed by atoms with E-state index in [0.717, 1.165) is 61.3 Å². The average Bonchev–Trinajstić information content (AvgIpc) is 3.12. The third-order valence-electron chi connectivity index (χ3n) is 5.40. The van der Waals surface area contributed by atoms with E-state index in [-0.39, 0.29) is 17.6 Å². The van der Waals surface area contributed by atoms with Gasteiger partial charge in [-0.05, 0) is 62.2 Å². The molecule has 1 fully saturated rings. The zero-order chi connectivity index (χ0) is 19.3. The van der Waals surface area contributed by atoms with Gasteiger partial charge in [0.05, 0.1) is 17.6 Å². The van der Waals surface area contributed by atoms with E-state index in [0.29, 0.717) is 6.54 Å². The van der Waals surface area contributed by atoms with Crippen LogP contribution in [0.15, 0.2) is 48.5 Å². The molecule has 0 aliphatic carbocycles. The molecule has 1 aliphatic heterocycles. The topological polar surface area (TPSA) is 61.0 Å². The first-order valence-corrected chi connectivity index (χ1v) is 9.85. The molecule has 0 bridgehead atoms. The number of fused-ring (bicyclic) bond motifs is 1. The lowest BCUT2D eigenvalue weighted by Gasteiger charge is -2.30. The lowest BCUT2D eigenvalue weighted by Crippen LogP contribution is -2.40. The van der Waals surface area contributed by atoms with Crippen molar-refractivity contribution in [3.05, 3.63) is 65.7 Å². The van der Waals surface area contributed by atoms with E-state index in [2.05, 4.69) is 20.2 Å². The van der Waals surface area contributed by atoms with Crippen LogP contribution in [0.1, 0.15) is 24.2 Å². The van der Waals surface area contributed by atoms with Crippen LogP contribution in [0.5, 0.6) is 0 Å². The summed E-state index contributed by atoms with van der Waals surface area (Å²) < 4.78 is 12.9. The second-order valence-electron chi connectivity index (χ2n) is 7.42. The number of para-hydroxylation sites is 2. The number of carbonyl (C=O) groups is 1. The highest BCUT2D eigenvalue weighted by Gasteiger charge is 2.25. The second kappa shape index (κ2) is 8.52. The molecule has 0 atom stereocenters. The molecule has 0 saturated carbocycles. The predicted octanol–water partition coefficient (Wildman–Crippen LogP) is 3.27. The quantitative estimate of drug-likeness (QED) is 0.690. The van der Waals surface area contributed by atoms with Gasteiger partial charge in [-0.25, -0.2) is 9.37 Å². The van der Waals surface area contributed by atoms with E-state index in [9.17, 15) is 9.18 Å². The molecule has 2 aromatic carbocycles. The van der Waals surface area contributed by atoms with E-state index in [4.69, 9.17) is 0 Å². The number of nitrogens with zero attached hydrogens (tertiary/aromatic N) is 2. The number of halogens is 1. The van der Waals surface area contributed by atoms with Crippen molar-refractivity contribution in [1.29, 1.82) is 0 Å². The van der Waals surface area contributed by atoms with E-state index < -0.39 is 0 Å². The molecule has 1 saturated heterocycles. The van der Waals surface area contributed by atoms with Gasteiger partial charge in [0, 0.05) is 12.5 Å². The standard InChI is InChI=1S/C22H25FN4O/c23-18-7-5-16(6-8-18)9-12-24-22(28)17-10-13-27(14-11-17)15-21-25-19-3-1-2-4-20(19)26-21/h1-8,17H,9-15H2,(H,24,28)(H,25,26). The third-order valence-corrected chi connectivity index (χ3v) is 5.40. The van der Waals surface area contributed by atoms with Crippen LogP contribution in [0.3, 0.4) is 0 Å². The van der Waals surface area contributed by atoms with Crippen molar-refractivity contribution in [2.45, 2.75) is 25.8 Å². The normalized spacial score (nSPS) is 15.8. The van der Waals surface area contributed by atoms with Crippen molar-refractivity contribution in [3.63, 3.8) is 0 Å². The number of rotatable bonds is 6. The molecule has 3 aromatic rings. The maximum Gasteiger partial charge on any atom is 0.223 e. The van der Waals surface area contributed by atoms with Gasteiger partial charge in [-0.2, -0.15) is 0 Å². The van der Waals surface area contributed by atoms with E-state index in [1.54, 1.807) is 12.1 Å². The minimum atomic E-state index is -0.234. The van der Waals surface area contributed by atoms with Crippen molar-refractivity contribution < 1.29 is 9.18 Å². The number of likely N-dealkylation sites (tertiary alicyclic amines) is 1. The number of aromatic amines is 1. The summed E-state index contributed by atoms with van der Waals surface area (Å²) in [6.45, 7) is 3.16. The Kier molecular flexibility index (Phi) is 5.67. The number of aromatic nitrogens is 2. The fourth-order valence-electron chi connectivity index (χ4n) is 3.77. The smallest absolute Gasteiger partial charge is 0.223 e. The van der Waals surface area contributed by atoms with E-state index in [1.807, 2.05) is 24.3 Å². The molecule has 0 unspecified atom stereocenters. The first-order valence-electron chi connectivity index (χ1n) is 9.85. The Labute approximate surface area is 164 Å². The summed E-state index contributed by atoms with van der Waals surface area (Å²) in [6.07, 6.45) is 2.45. The molecule has 1 amide bonds. The van der Waals surface area contributed by atoms with Crippen molar-refractivity contribution >= 4 is 16.9 Å². The van der Waals surface area contributed by atoms with Gasteiger partial charge in [-0.15, -0.1) is 0 Å². The zero-order valence-corrected chi connectivity index (χ0v) is 15.8. The molecular weight excluding hydrogens is 355 g/mol. The molecule has 5 nitrogen and oxygen atoms in total. The minimum absolute atomic E-state index is 0.0696. The number of H-pyrrole nitrogens is 1. The zero-order valence-electron chi connectivity index (χ0n) is 15.8. The Morgan fingerprint density at radius 3 is 2.64 bits per heavy atom. The Morgan fingerprint density at radius 1 is 1.14 bits per heavy atom. The summed E-state index contributed by atoms with van der Waals surface area (Å²) in [7, 11) is 0. The molecule has 2 N–H and O–H groups in total. The number of piperidine rings is 1. The first kappa shape index (κ1) is 18.6. The molecule has 1 aromatic heterocycles. The van der Waals surface area contributed by atoms with Crippen molar-refractivity contribution in [3.8, 4) is 0 Å². The monoisotopic (exact) mass is 380 g/mol. The molecule has 1 aliphatic rings. The molecule has 0 spiro atoms. The van der Waals surface area contributed by atoms with Crippen molar-refractivity contribution in [2.24, 2.45) is 5.92 Å². The van der Waals surface area contributed by atoms with Gasteiger partial charge < -0.3 is 10.3 Å². The first-order chi connectivity index (χ1) is 13.7. The predicted molar refractivity (Wildman–Crippen MR) is 107 cm³/mol. The number of hydrogen-bond acceptors (Lipinski definition) is 3. The fourth-order valence-corrected chi connectivity index (χ4v) is 3.77. The highest BCUT2D eigenvalue weighted by atomic mass is 19.1. The minimum Gasteiger partial charge on any atom is -0.356 e. The van der Waals surface area contributed by atoms with Crippen molar-refractivity contribution in [2.75, 3.05) is 19.6 Å². The van der Waals surface area contributed by atoms with Crippen LogP contribution in [0, 0.1) is 11.7 Å². The highest BCUT2D eigenvalue weighted by molar-refractivity contribution is 5.78. The van der Waals surface area contributed by atoms with Gasteiger partial charge in [0.2, 0.25) is 5.91 Å². The molecule has 2 heterocycles. The average molecular weight is 380 g/mol. The molecular formula is C22H25FN4O. The number of amides is 1. The van der Waals surface area contributed by atoms with E-state index in [1.165, 1.54) is 12.1 Å². The molecule has 4 rings (SSSR count). The lowest BCUT2D eigenvalue weighted by atomic mass is 9.96. The van der Waals surface area contributed by atoms with Gasteiger partial charge in [0.15, 0.2) is 0 Å². The van der Waals surface area contributed by atoms with Gasteiger partial charge in [0.1, 0.15) is 11.6 Å².